The van der Waals surface area contributed by atoms with E-state index >= 15 is 0 Å². The van der Waals surface area contributed by atoms with Gasteiger partial charge < -0.3 is 5.32 Å². The number of nitrogens with one attached hydrogen (secondary N) is 1. The highest BCUT2D eigenvalue weighted by atomic mass is 14.9. The lowest BCUT2D eigenvalue weighted by Crippen LogP contribution is -2.41. The molecule has 4 aliphatic carbocycles. The van der Waals surface area contributed by atoms with Crippen LogP contribution in [0.5, 0.6) is 0 Å². The topological polar surface area (TPSA) is 12.0 Å². The van der Waals surface area contributed by atoms with Crippen LogP contribution in [-0.4, -0.2) is 6.04 Å². The van der Waals surface area contributed by atoms with Gasteiger partial charge in [0.1, 0.15) is 6.04 Å². The van der Waals surface area contributed by atoms with Gasteiger partial charge >= 0.3 is 0 Å². The van der Waals surface area contributed by atoms with Crippen molar-refractivity contribution in [2.75, 3.05) is 5.32 Å². The normalized spacial score (nSPS) is 27.3. The Balaban J connectivity index is 1.61. The monoisotopic (exact) mass is 447 g/mol. The van der Waals surface area contributed by atoms with Crippen LogP contribution < -0.4 is 5.32 Å². The summed E-state index contributed by atoms with van der Waals surface area (Å²) in [5, 5.41) is 3.59. The zero-order valence-corrected chi connectivity index (χ0v) is 21.0. The van der Waals surface area contributed by atoms with Crippen LogP contribution in [0.15, 0.2) is 94.7 Å². The van der Waals surface area contributed by atoms with Crippen LogP contribution in [-0.2, 0) is 0 Å². The lowest BCUT2D eigenvalue weighted by atomic mass is 9.53. The predicted octanol–water partition coefficient (Wildman–Crippen LogP) is 8.39. The van der Waals surface area contributed by atoms with Crippen LogP contribution in [0.4, 0.5) is 5.69 Å². The first kappa shape index (κ1) is 22.8. The van der Waals surface area contributed by atoms with E-state index in [2.05, 4.69) is 98.8 Å². The van der Waals surface area contributed by atoms with E-state index in [4.69, 9.17) is 6.42 Å². The van der Waals surface area contributed by atoms with Crippen molar-refractivity contribution < 1.29 is 0 Å². The second-order valence-electron chi connectivity index (χ2n) is 10.8. The SMILES string of the molecule is C#CC(/C=C1\CC(C2=CCCC=C2C)(C2(C)CC=CC2)C2=C1C=CCC2)Nc1cccc(C)c1. The third-order valence-corrected chi connectivity index (χ3v) is 8.56. The Hall–Kier alpha value is -2.98. The summed E-state index contributed by atoms with van der Waals surface area (Å²) in [6.45, 7) is 6.99. The van der Waals surface area contributed by atoms with Crippen LogP contribution in [0.3, 0.4) is 0 Å². The maximum Gasteiger partial charge on any atom is 0.107 e. The number of anilines is 1. The number of aryl methyl sites for hydroxylation is 1. The molecule has 0 bridgehead atoms. The second-order valence-corrected chi connectivity index (χ2v) is 10.8. The van der Waals surface area contributed by atoms with Gasteiger partial charge in [-0.15, -0.1) is 6.42 Å². The number of rotatable bonds is 5. The van der Waals surface area contributed by atoms with Gasteiger partial charge in [0, 0.05) is 11.1 Å². The van der Waals surface area contributed by atoms with E-state index in [-0.39, 0.29) is 16.9 Å². The van der Waals surface area contributed by atoms with Gasteiger partial charge in [0.05, 0.1) is 0 Å². The molecule has 0 aromatic heterocycles. The molecule has 0 fully saturated rings. The highest BCUT2D eigenvalue weighted by molar-refractivity contribution is 5.63. The van der Waals surface area contributed by atoms with E-state index in [9.17, 15) is 0 Å². The molecular formula is C33H37N. The molecule has 0 spiro atoms. The van der Waals surface area contributed by atoms with Crippen LogP contribution >= 0.6 is 0 Å². The van der Waals surface area contributed by atoms with Crippen molar-refractivity contribution in [1.29, 1.82) is 0 Å². The largest absolute Gasteiger partial charge is 0.368 e. The van der Waals surface area contributed by atoms with Gasteiger partial charge in [0.15, 0.2) is 0 Å². The number of hydrogen-bond acceptors (Lipinski definition) is 1. The molecule has 5 rings (SSSR count). The molecule has 1 nitrogen and oxygen atoms in total. The molecule has 34 heavy (non-hydrogen) atoms. The molecule has 1 heteroatoms. The lowest BCUT2D eigenvalue weighted by Gasteiger charge is -2.50. The molecule has 174 valence electrons. The molecule has 1 N–H and O–H groups in total. The van der Waals surface area contributed by atoms with Gasteiger partial charge in [-0.1, -0.05) is 72.6 Å². The molecule has 0 saturated carbocycles. The highest BCUT2D eigenvalue weighted by Gasteiger charge is 2.56. The summed E-state index contributed by atoms with van der Waals surface area (Å²) in [6, 6.07) is 8.34. The number of hydrogen-bond donors (Lipinski definition) is 1. The molecule has 1 aromatic rings. The van der Waals surface area contributed by atoms with E-state index in [0.717, 1.165) is 50.6 Å². The Labute approximate surface area is 206 Å². The second kappa shape index (κ2) is 8.99. The Morgan fingerprint density at radius 3 is 2.59 bits per heavy atom. The molecule has 4 aliphatic rings. The molecule has 2 unspecified atom stereocenters. The third kappa shape index (κ3) is 3.74. The van der Waals surface area contributed by atoms with Crippen LogP contribution in [0, 0.1) is 30.1 Å². The number of benzene rings is 1. The fourth-order valence-electron chi connectivity index (χ4n) is 6.88. The first-order chi connectivity index (χ1) is 16.5. The molecule has 0 aliphatic heterocycles. The minimum absolute atomic E-state index is 0.0475. The van der Waals surface area contributed by atoms with Crippen molar-refractivity contribution in [3.63, 3.8) is 0 Å². The number of allylic oxidation sites excluding steroid dienone is 11. The molecule has 0 heterocycles. The molecule has 0 radical (unpaired) electrons. The first-order valence-corrected chi connectivity index (χ1v) is 12.9. The van der Waals surface area contributed by atoms with Gasteiger partial charge in [-0.3, -0.25) is 0 Å². The summed E-state index contributed by atoms with van der Waals surface area (Å²) in [7, 11) is 0. The maximum atomic E-state index is 6.06. The fraction of sp³-hybridized carbons (Fsp3) is 0.394. The summed E-state index contributed by atoms with van der Waals surface area (Å²) in [5.41, 5.74) is 10.1. The van der Waals surface area contributed by atoms with Gasteiger partial charge in [0.2, 0.25) is 0 Å². The van der Waals surface area contributed by atoms with Gasteiger partial charge in [-0.05, 0) is 105 Å². The average Bonchev–Trinajstić information content (AvgIpc) is 3.43. The molecular weight excluding hydrogens is 410 g/mol. The summed E-state index contributed by atoms with van der Waals surface area (Å²) < 4.78 is 0. The van der Waals surface area contributed by atoms with Gasteiger partial charge in [-0.25, -0.2) is 0 Å². The van der Waals surface area contributed by atoms with E-state index < -0.39 is 0 Å². The van der Waals surface area contributed by atoms with Crippen molar-refractivity contribution in [2.24, 2.45) is 10.8 Å². The van der Waals surface area contributed by atoms with Crippen molar-refractivity contribution in [2.45, 2.75) is 71.8 Å². The number of terminal acetylenes is 1. The van der Waals surface area contributed by atoms with Gasteiger partial charge in [-0.2, -0.15) is 0 Å². The fourth-order valence-corrected chi connectivity index (χ4v) is 6.88. The highest BCUT2D eigenvalue weighted by Crippen LogP contribution is 2.67. The van der Waals surface area contributed by atoms with Crippen molar-refractivity contribution in [1.82, 2.24) is 0 Å². The van der Waals surface area contributed by atoms with E-state index in [0.29, 0.717) is 0 Å². The standard InChI is InChI=1S/C33H37N/c1-5-27(34-28-15-12-13-24(2)21-28)22-26-23-33(32(4)19-10-11-20-32,30-17-8-6-14-25(30)3)31-18-9-7-16-29(26)31/h1,7,10-17,21-22,27,34H,6,8-9,18-20,23H2,2-4H3/b26-22+. The zero-order chi connectivity index (χ0) is 23.8. The first-order valence-electron chi connectivity index (χ1n) is 12.9. The van der Waals surface area contributed by atoms with Gasteiger partial charge in [0.25, 0.3) is 0 Å². The van der Waals surface area contributed by atoms with E-state index in [1.807, 2.05) is 0 Å². The predicted molar refractivity (Wildman–Crippen MR) is 146 cm³/mol. The molecule has 0 amide bonds. The van der Waals surface area contributed by atoms with E-state index in [1.54, 1.807) is 11.1 Å². The minimum Gasteiger partial charge on any atom is -0.368 e. The van der Waals surface area contributed by atoms with Crippen molar-refractivity contribution in [3.05, 3.63) is 100 Å². The Kier molecular flexibility index (Phi) is 6.03. The Bertz CT molecular complexity index is 1200. The average molecular weight is 448 g/mol. The molecule has 0 saturated heterocycles. The smallest absolute Gasteiger partial charge is 0.107 e. The van der Waals surface area contributed by atoms with Crippen LogP contribution in [0.2, 0.25) is 0 Å². The Morgan fingerprint density at radius 1 is 1.06 bits per heavy atom. The minimum atomic E-state index is -0.136. The summed E-state index contributed by atoms with van der Waals surface area (Å²) >= 11 is 0. The van der Waals surface area contributed by atoms with E-state index in [1.165, 1.54) is 22.3 Å². The van der Waals surface area contributed by atoms with Crippen LogP contribution in [0.1, 0.15) is 64.4 Å². The Morgan fingerprint density at radius 2 is 1.85 bits per heavy atom. The van der Waals surface area contributed by atoms with Crippen molar-refractivity contribution >= 4 is 5.69 Å². The lowest BCUT2D eigenvalue weighted by molar-refractivity contribution is 0.146. The summed E-state index contributed by atoms with van der Waals surface area (Å²) in [5.74, 6) is 3.01. The summed E-state index contributed by atoms with van der Waals surface area (Å²) in [6.07, 6.45) is 30.9. The third-order valence-electron chi connectivity index (χ3n) is 8.56. The quantitative estimate of drug-likeness (QED) is 0.353. The molecule has 2 atom stereocenters. The maximum absolute atomic E-state index is 6.06. The zero-order valence-electron chi connectivity index (χ0n) is 21.0. The van der Waals surface area contributed by atoms with Crippen LogP contribution in [0.25, 0.3) is 0 Å². The molecule has 1 aromatic carbocycles. The van der Waals surface area contributed by atoms with Crippen molar-refractivity contribution in [3.8, 4) is 12.3 Å². The summed E-state index contributed by atoms with van der Waals surface area (Å²) in [4.78, 5) is 0.